The Labute approximate surface area is 163 Å². The molecule has 6 nitrogen and oxygen atoms in total. The van der Waals surface area contributed by atoms with E-state index in [-0.39, 0.29) is 25.2 Å². The molecule has 6 heteroatoms. The Morgan fingerprint density at radius 1 is 1.07 bits per heavy atom. The molecule has 1 heterocycles. The van der Waals surface area contributed by atoms with Crippen LogP contribution < -0.4 is 0 Å². The molecule has 1 aliphatic carbocycles. The maximum atomic E-state index is 12.6. The summed E-state index contributed by atoms with van der Waals surface area (Å²) in [5.74, 6) is -1.70. The van der Waals surface area contributed by atoms with Crippen LogP contribution in [0.5, 0.6) is 0 Å². The first-order chi connectivity index (χ1) is 13.6. The van der Waals surface area contributed by atoms with Crippen LogP contribution >= 0.6 is 0 Å². The zero-order valence-electron chi connectivity index (χ0n) is 15.7. The summed E-state index contributed by atoms with van der Waals surface area (Å²) < 4.78 is 10.9. The quantitative estimate of drug-likeness (QED) is 0.879. The van der Waals surface area contributed by atoms with Gasteiger partial charge in [-0.3, -0.25) is 4.79 Å². The number of hydrogen-bond acceptors (Lipinski definition) is 4. The first kappa shape index (κ1) is 18.5. The normalized spacial score (nSPS) is 21.1. The van der Waals surface area contributed by atoms with Gasteiger partial charge >= 0.3 is 12.1 Å². The van der Waals surface area contributed by atoms with Crippen molar-refractivity contribution in [2.75, 3.05) is 26.8 Å². The van der Waals surface area contributed by atoms with Gasteiger partial charge in [0.05, 0.1) is 6.10 Å². The van der Waals surface area contributed by atoms with Crippen LogP contribution in [0.2, 0.25) is 0 Å². The molecule has 0 radical (unpaired) electrons. The molecule has 2 atom stereocenters. The van der Waals surface area contributed by atoms with E-state index in [0.717, 1.165) is 11.1 Å². The number of amides is 1. The molecule has 146 valence electrons. The van der Waals surface area contributed by atoms with Crippen molar-refractivity contribution >= 4 is 12.1 Å². The topological polar surface area (TPSA) is 76.1 Å². The lowest BCUT2D eigenvalue weighted by molar-refractivity contribution is -0.149. The smallest absolute Gasteiger partial charge is 0.409 e. The largest absolute Gasteiger partial charge is 0.481 e. The molecule has 0 spiro atoms. The minimum Gasteiger partial charge on any atom is -0.481 e. The van der Waals surface area contributed by atoms with E-state index in [9.17, 15) is 14.7 Å². The molecule has 2 aliphatic rings. The fourth-order valence-electron chi connectivity index (χ4n) is 4.30. The summed E-state index contributed by atoms with van der Waals surface area (Å²) in [6.45, 7) is 0.762. The monoisotopic (exact) mass is 381 g/mol. The maximum absolute atomic E-state index is 12.6. The number of benzene rings is 2. The second kappa shape index (κ2) is 7.64. The molecule has 1 fully saturated rings. The molecule has 0 saturated carbocycles. The molecule has 1 amide bonds. The van der Waals surface area contributed by atoms with E-state index in [1.54, 1.807) is 0 Å². The summed E-state index contributed by atoms with van der Waals surface area (Å²) >= 11 is 0. The van der Waals surface area contributed by atoms with Crippen LogP contribution in [0.15, 0.2) is 48.5 Å². The van der Waals surface area contributed by atoms with Crippen molar-refractivity contribution in [3.05, 3.63) is 59.7 Å². The van der Waals surface area contributed by atoms with Gasteiger partial charge in [-0.1, -0.05) is 48.5 Å². The Morgan fingerprint density at radius 2 is 1.68 bits per heavy atom. The van der Waals surface area contributed by atoms with Crippen molar-refractivity contribution in [3.63, 3.8) is 0 Å². The number of hydrogen-bond donors (Lipinski definition) is 1. The van der Waals surface area contributed by atoms with Crippen LogP contribution in [-0.4, -0.2) is 55.0 Å². The van der Waals surface area contributed by atoms with Gasteiger partial charge in [0, 0.05) is 26.1 Å². The minimum absolute atomic E-state index is 0.0110. The standard InChI is InChI=1S/C22H23NO5/c1-27-20-10-11-23(12-18(20)21(24)25)22(26)28-13-19-16-8-4-2-6-14(16)15-7-3-5-9-17(15)19/h2-9,18-20H,10-13H2,1H3,(H,24,25). The molecule has 2 aromatic rings. The van der Waals surface area contributed by atoms with Gasteiger partial charge in [-0.2, -0.15) is 0 Å². The highest BCUT2D eigenvalue weighted by molar-refractivity contribution is 5.79. The summed E-state index contributed by atoms with van der Waals surface area (Å²) in [7, 11) is 1.50. The summed E-state index contributed by atoms with van der Waals surface area (Å²) in [6.07, 6.45) is -0.365. The van der Waals surface area contributed by atoms with Crippen molar-refractivity contribution in [3.8, 4) is 11.1 Å². The molecule has 1 N–H and O–H groups in total. The van der Waals surface area contributed by atoms with Crippen LogP contribution in [0.4, 0.5) is 4.79 Å². The molecule has 0 bridgehead atoms. The average molecular weight is 381 g/mol. The highest BCUT2D eigenvalue weighted by Gasteiger charge is 2.37. The van der Waals surface area contributed by atoms with Gasteiger partial charge in [0.2, 0.25) is 0 Å². The van der Waals surface area contributed by atoms with Gasteiger partial charge in [0.1, 0.15) is 12.5 Å². The van der Waals surface area contributed by atoms with Crippen molar-refractivity contribution in [1.82, 2.24) is 4.90 Å². The number of fused-ring (bicyclic) bond motifs is 3. The van der Waals surface area contributed by atoms with E-state index in [1.807, 2.05) is 24.3 Å². The van der Waals surface area contributed by atoms with Crippen LogP contribution in [0, 0.1) is 5.92 Å². The van der Waals surface area contributed by atoms with E-state index < -0.39 is 18.0 Å². The first-order valence-electron chi connectivity index (χ1n) is 9.45. The summed E-state index contributed by atoms with van der Waals surface area (Å²) in [4.78, 5) is 25.6. The van der Waals surface area contributed by atoms with Crippen LogP contribution in [0.1, 0.15) is 23.5 Å². The number of ether oxygens (including phenoxy) is 2. The maximum Gasteiger partial charge on any atom is 0.409 e. The van der Waals surface area contributed by atoms with Crippen LogP contribution in [-0.2, 0) is 14.3 Å². The molecule has 4 rings (SSSR count). The summed E-state index contributed by atoms with van der Waals surface area (Å²) in [5, 5.41) is 9.40. The summed E-state index contributed by atoms with van der Waals surface area (Å²) in [5.41, 5.74) is 4.65. The lowest BCUT2D eigenvalue weighted by Crippen LogP contribution is -2.49. The van der Waals surface area contributed by atoms with Crippen LogP contribution in [0.25, 0.3) is 11.1 Å². The molecular weight excluding hydrogens is 358 g/mol. The Balaban J connectivity index is 1.46. The molecule has 1 saturated heterocycles. The number of piperidine rings is 1. The van der Waals surface area contributed by atoms with Gasteiger partial charge in [0.15, 0.2) is 0 Å². The van der Waals surface area contributed by atoms with Crippen molar-refractivity contribution < 1.29 is 24.2 Å². The predicted molar refractivity (Wildman–Crippen MR) is 103 cm³/mol. The first-order valence-corrected chi connectivity index (χ1v) is 9.45. The van der Waals surface area contributed by atoms with E-state index in [1.165, 1.54) is 23.1 Å². The number of carbonyl (C=O) groups excluding carboxylic acids is 1. The molecule has 2 unspecified atom stereocenters. The molecule has 0 aromatic heterocycles. The fraction of sp³-hybridized carbons (Fsp3) is 0.364. The average Bonchev–Trinajstić information content (AvgIpc) is 3.05. The van der Waals surface area contributed by atoms with Crippen molar-refractivity contribution in [2.45, 2.75) is 18.4 Å². The number of carbonyl (C=O) groups is 2. The third kappa shape index (κ3) is 3.24. The number of aliphatic carboxylic acids is 1. The Kier molecular flexibility index (Phi) is 5.05. The Hall–Kier alpha value is -2.86. The zero-order chi connectivity index (χ0) is 19.7. The number of nitrogens with zero attached hydrogens (tertiary/aromatic N) is 1. The summed E-state index contributed by atoms with van der Waals surface area (Å²) in [6, 6.07) is 16.3. The van der Waals surface area contributed by atoms with Gasteiger partial charge in [0.25, 0.3) is 0 Å². The van der Waals surface area contributed by atoms with Gasteiger partial charge in [-0.05, 0) is 28.7 Å². The Bertz CT molecular complexity index is 851. The highest BCUT2D eigenvalue weighted by Crippen LogP contribution is 2.44. The molecule has 2 aromatic carbocycles. The van der Waals surface area contributed by atoms with Gasteiger partial charge in [-0.25, -0.2) is 4.79 Å². The highest BCUT2D eigenvalue weighted by atomic mass is 16.6. The third-order valence-corrected chi connectivity index (χ3v) is 5.76. The van der Waals surface area contributed by atoms with E-state index >= 15 is 0 Å². The van der Waals surface area contributed by atoms with Crippen LogP contribution in [0.3, 0.4) is 0 Å². The van der Waals surface area contributed by atoms with Gasteiger partial charge in [-0.15, -0.1) is 0 Å². The lowest BCUT2D eigenvalue weighted by atomic mass is 9.95. The number of carboxylic acids is 1. The lowest BCUT2D eigenvalue weighted by Gasteiger charge is -2.35. The number of carboxylic acid groups (broad SMARTS) is 1. The molecule has 1 aliphatic heterocycles. The predicted octanol–water partition coefficient (Wildman–Crippen LogP) is 3.36. The van der Waals surface area contributed by atoms with Gasteiger partial charge < -0.3 is 19.5 Å². The second-order valence-electron chi connectivity index (χ2n) is 7.26. The Morgan fingerprint density at radius 3 is 2.25 bits per heavy atom. The van der Waals surface area contributed by atoms with Crippen molar-refractivity contribution in [2.24, 2.45) is 5.92 Å². The SMILES string of the molecule is COC1CCN(C(=O)OCC2c3ccccc3-c3ccccc32)CC1C(=O)O. The van der Waals surface area contributed by atoms with E-state index in [2.05, 4.69) is 24.3 Å². The van der Waals surface area contributed by atoms with Crippen molar-refractivity contribution in [1.29, 1.82) is 0 Å². The molecular formula is C22H23NO5. The second-order valence-corrected chi connectivity index (χ2v) is 7.26. The zero-order valence-corrected chi connectivity index (χ0v) is 15.7. The van der Waals surface area contributed by atoms with E-state index in [4.69, 9.17) is 9.47 Å². The number of likely N-dealkylation sites (tertiary alicyclic amines) is 1. The fourth-order valence-corrected chi connectivity index (χ4v) is 4.30. The molecule has 28 heavy (non-hydrogen) atoms. The van der Waals surface area contributed by atoms with E-state index in [0.29, 0.717) is 13.0 Å². The minimum atomic E-state index is -0.956. The third-order valence-electron chi connectivity index (χ3n) is 5.76. The number of methoxy groups -OCH3 is 1. The number of rotatable bonds is 4.